The third-order valence-electron chi connectivity index (χ3n) is 4.97. The molecule has 1 aliphatic rings. The summed E-state index contributed by atoms with van der Waals surface area (Å²) in [5.74, 6) is 0.723. The number of nitrogens with one attached hydrogen (secondary N) is 2. The quantitative estimate of drug-likeness (QED) is 0.726. The molecule has 1 fully saturated rings. The van der Waals surface area contributed by atoms with Crippen molar-refractivity contribution in [2.24, 2.45) is 5.41 Å². The van der Waals surface area contributed by atoms with Crippen LogP contribution in [0.15, 0.2) is 30.3 Å². The molecule has 2 aromatic heterocycles. The minimum absolute atomic E-state index is 0.0127. The van der Waals surface area contributed by atoms with Crippen LogP contribution in [0.3, 0.4) is 0 Å². The van der Waals surface area contributed by atoms with Crippen molar-refractivity contribution in [3.8, 4) is 0 Å². The van der Waals surface area contributed by atoms with E-state index >= 15 is 0 Å². The van der Waals surface area contributed by atoms with Crippen LogP contribution in [0.1, 0.15) is 30.1 Å². The maximum Gasteiger partial charge on any atom is 0.227 e. The average molecular weight is 337 g/mol. The second-order valence-corrected chi connectivity index (χ2v) is 7.24. The number of hydrogen-bond donors (Lipinski definition) is 2. The van der Waals surface area contributed by atoms with Crippen LogP contribution in [0.25, 0.3) is 11.0 Å². The lowest BCUT2D eigenvalue weighted by Crippen LogP contribution is -2.33. The number of nitrogens with zero attached hydrogens (tertiary/aromatic N) is 3. The van der Waals surface area contributed by atoms with Crippen molar-refractivity contribution in [1.29, 1.82) is 0 Å². The lowest BCUT2D eigenvalue weighted by atomic mass is 10.1. The molecule has 1 aliphatic carbocycles. The summed E-state index contributed by atoms with van der Waals surface area (Å²) in [6.45, 7) is 5.66. The van der Waals surface area contributed by atoms with Gasteiger partial charge in [-0.2, -0.15) is 5.10 Å². The Balaban J connectivity index is 1.34. The van der Waals surface area contributed by atoms with Crippen molar-refractivity contribution < 1.29 is 4.79 Å². The molecule has 130 valence electrons. The highest BCUT2D eigenvalue weighted by Gasteiger charge is 2.43. The van der Waals surface area contributed by atoms with E-state index in [0.29, 0.717) is 12.4 Å². The summed E-state index contributed by atoms with van der Waals surface area (Å²) in [6, 6.07) is 9.91. The fraction of sp³-hybridized carbons (Fsp3) is 0.421. The number of aryl methyl sites for hydroxylation is 2. The van der Waals surface area contributed by atoms with Crippen LogP contribution in [-0.2, 0) is 17.8 Å². The maximum absolute atomic E-state index is 12.3. The SMILES string of the molecule is Cc1cc(C)n(CC2(CNC(=O)Cc3nc4ccccc4[nH]3)CC2)n1. The molecule has 25 heavy (non-hydrogen) atoms. The molecule has 3 aromatic rings. The fourth-order valence-electron chi connectivity index (χ4n) is 3.31. The van der Waals surface area contributed by atoms with Crippen molar-refractivity contribution in [3.05, 3.63) is 47.5 Å². The van der Waals surface area contributed by atoms with E-state index in [1.807, 2.05) is 31.2 Å². The number of aromatic amines is 1. The van der Waals surface area contributed by atoms with Gasteiger partial charge in [0.1, 0.15) is 5.82 Å². The molecule has 0 bridgehead atoms. The number of imidazole rings is 1. The zero-order valence-corrected chi connectivity index (χ0v) is 14.7. The van der Waals surface area contributed by atoms with E-state index in [0.717, 1.165) is 36.1 Å². The predicted molar refractivity (Wildman–Crippen MR) is 96.2 cm³/mol. The van der Waals surface area contributed by atoms with Gasteiger partial charge < -0.3 is 10.3 Å². The van der Waals surface area contributed by atoms with E-state index in [9.17, 15) is 4.79 Å². The lowest BCUT2D eigenvalue weighted by Gasteiger charge is -2.17. The zero-order valence-electron chi connectivity index (χ0n) is 14.7. The molecular formula is C19H23N5O. The largest absolute Gasteiger partial charge is 0.355 e. The molecule has 6 nitrogen and oxygen atoms in total. The van der Waals surface area contributed by atoms with Gasteiger partial charge in [-0.25, -0.2) is 4.98 Å². The first-order valence-electron chi connectivity index (χ1n) is 8.74. The zero-order chi connectivity index (χ0) is 17.4. The van der Waals surface area contributed by atoms with Gasteiger partial charge in [-0.05, 0) is 44.9 Å². The number of hydrogen-bond acceptors (Lipinski definition) is 3. The van der Waals surface area contributed by atoms with Gasteiger partial charge in [-0.3, -0.25) is 9.48 Å². The second kappa shape index (κ2) is 6.02. The molecule has 2 N–H and O–H groups in total. The molecular weight excluding hydrogens is 314 g/mol. The van der Waals surface area contributed by atoms with Crippen molar-refractivity contribution >= 4 is 16.9 Å². The number of H-pyrrole nitrogens is 1. The summed E-state index contributed by atoms with van der Waals surface area (Å²) in [5, 5.41) is 7.63. The highest BCUT2D eigenvalue weighted by molar-refractivity contribution is 5.80. The smallest absolute Gasteiger partial charge is 0.227 e. The fourth-order valence-corrected chi connectivity index (χ4v) is 3.31. The van der Waals surface area contributed by atoms with Crippen LogP contribution in [0.4, 0.5) is 0 Å². The first kappa shape index (κ1) is 15.9. The Morgan fingerprint density at radius 2 is 2.12 bits per heavy atom. The third-order valence-corrected chi connectivity index (χ3v) is 4.97. The van der Waals surface area contributed by atoms with E-state index in [1.54, 1.807) is 0 Å². The second-order valence-electron chi connectivity index (χ2n) is 7.24. The summed E-state index contributed by atoms with van der Waals surface area (Å²) >= 11 is 0. The van der Waals surface area contributed by atoms with E-state index in [4.69, 9.17) is 0 Å². The van der Waals surface area contributed by atoms with E-state index in [1.165, 1.54) is 5.69 Å². The summed E-state index contributed by atoms with van der Waals surface area (Å²) in [4.78, 5) is 20.0. The molecule has 1 amide bonds. The Bertz CT molecular complexity index is 886. The van der Waals surface area contributed by atoms with E-state index in [2.05, 4.69) is 38.1 Å². The Kier molecular flexibility index (Phi) is 3.82. The molecule has 0 aliphatic heterocycles. The number of aromatic nitrogens is 4. The molecule has 0 spiro atoms. The van der Waals surface area contributed by atoms with Gasteiger partial charge in [0.15, 0.2) is 0 Å². The maximum atomic E-state index is 12.3. The minimum atomic E-state index is 0.0127. The van der Waals surface area contributed by atoms with Crippen LogP contribution >= 0.6 is 0 Å². The Morgan fingerprint density at radius 3 is 2.80 bits per heavy atom. The van der Waals surface area contributed by atoms with Gasteiger partial charge >= 0.3 is 0 Å². The predicted octanol–water partition coefficient (Wildman–Crippen LogP) is 2.52. The normalized spacial score (nSPS) is 15.4. The van der Waals surface area contributed by atoms with Crippen LogP contribution in [0, 0.1) is 19.3 Å². The molecule has 1 saturated carbocycles. The van der Waals surface area contributed by atoms with Crippen LogP contribution in [0.2, 0.25) is 0 Å². The van der Waals surface area contributed by atoms with Crippen molar-refractivity contribution in [3.63, 3.8) is 0 Å². The van der Waals surface area contributed by atoms with Gasteiger partial charge in [0, 0.05) is 24.2 Å². The molecule has 4 rings (SSSR count). The monoisotopic (exact) mass is 337 g/mol. The molecule has 0 radical (unpaired) electrons. The molecule has 1 aromatic carbocycles. The van der Waals surface area contributed by atoms with Crippen LogP contribution in [0.5, 0.6) is 0 Å². The van der Waals surface area contributed by atoms with Crippen molar-refractivity contribution in [1.82, 2.24) is 25.1 Å². The number of fused-ring (bicyclic) bond motifs is 1. The highest BCUT2D eigenvalue weighted by atomic mass is 16.1. The lowest BCUT2D eigenvalue weighted by molar-refractivity contribution is -0.120. The number of rotatable bonds is 6. The molecule has 2 heterocycles. The Hall–Kier alpha value is -2.63. The minimum Gasteiger partial charge on any atom is -0.355 e. The highest BCUT2D eigenvalue weighted by Crippen LogP contribution is 2.46. The van der Waals surface area contributed by atoms with E-state index in [-0.39, 0.29) is 17.7 Å². The summed E-state index contributed by atoms with van der Waals surface area (Å²) < 4.78 is 2.06. The van der Waals surface area contributed by atoms with Gasteiger partial charge in [0.25, 0.3) is 0 Å². The average Bonchev–Trinajstić information content (AvgIpc) is 3.10. The van der Waals surface area contributed by atoms with Crippen LogP contribution in [-0.4, -0.2) is 32.2 Å². The van der Waals surface area contributed by atoms with Gasteiger partial charge in [0.05, 0.1) is 23.1 Å². The number of benzene rings is 1. The van der Waals surface area contributed by atoms with Crippen LogP contribution < -0.4 is 5.32 Å². The summed E-state index contributed by atoms with van der Waals surface area (Å²) in [6.07, 6.45) is 2.55. The van der Waals surface area contributed by atoms with Gasteiger partial charge in [-0.1, -0.05) is 12.1 Å². The summed E-state index contributed by atoms with van der Waals surface area (Å²) in [7, 11) is 0. The van der Waals surface area contributed by atoms with Crippen molar-refractivity contribution in [2.75, 3.05) is 6.54 Å². The third kappa shape index (κ3) is 3.43. The van der Waals surface area contributed by atoms with Gasteiger partial charge in [0.2, 0.25) is 5.91 Å². The Labute approximate surface area is 146 Å². The Morgan fingerprint density at radius 1 is 1.32 bits per heavy atom. The number of amides is 1. The van der Waals surface area contributed by atoms with Gasteiger partial charge in [-0.15, -0.1) is 0 Å². The molecule has 0 unspecified atom stereocenters. The molecule has 0 saturated heterocycles. The molecule has 6 heteroatoms. The van der Waals surface area contributed by atoms with E-state index < -0.39 is 0 Å². The molecule has 0 atom stereocenters. The standard InChI is InChI=1S/C19H23N5O/c1-13-9-14(2)24(23-13)12-19(7-8-19)11-20-18(25)10-17-21-15-5-3-4-6-16(15)22-17/h3-6,9H,7-8,10-12H2,1-2H3,(H,20,25)(H,21,22). The first-order chi connectivity index (χ1) is 12.0. The number of carbonyl (C=O) groups is 1. The summed E-state index contributed by atoms with van der Waals surface area (Å²) in [5.41, 5.74) is 4.24. The number of carbonyl (C=O) groups excluding carboxylic acids is 1. The number of para-hydroxylation sites is 2. The van der Waals surface area contributed by atoms with Crippen molar-refractivity contribution in [2.45, 2.75) is 39.7 Å². The topological polar surface area (TPSA) is 75.6 Å². The first-order valence-corrected chi connectivity index (χ1v) is 8.74.